The Hall–Kier alpha value is -1.14. The quantitative estimate of drug-likeness (QED) is 0.837. The lowest BCUT2D eigenvalue weighted by Gasteiger charge is -2.12. The van der Waals surface area contributed by atoms with Gasteiger partial charge in [0.1, 0.15) is 16.8 Å². The lowest BCUT2D eigenvalue weighted by Crippen LogP contribution is -2.19. The summed E-state index contributed by atoms with van der Waals surface area (Å²) in [5, 5.41) is 9.01. The van der Waals surface area contributed by atoms with Crippen LogP contribution in [0.3, 0.4) is 0 Å². The molecule has 1 heterocycles. The van der Waals surface area contributed by atoms with Gasteiger partial charge in [-0.3, -0.25) is 4.98 Å². The van der Waals surface area contributed by atoms with E-state index in [1.807, 2.05) is 0 Å². The van der Waals surface area contributed by atoms with Crippen molar-refractivity contribution in [3.8, 4) is 0 Å². The van der Waals surface area contributed by atoms with Crippen LogP contribution >= 0.6 is 0 Å². The Kier molecular flexibility index (Phi) is 4.47. The zero-order valence-electron chi connectivity index (χ0n) is 9.98. The first-order valence-corrected chi connectivity index (χ1v) is 6.16. The van der Waals surface area contributed by atoms with Crippen molar-refractivity contribution in [3.63, 3.8) is 0 Å². The number of halogens is 1. The second kappa shape index (κ2) is 5.46. The molecule has 0 spiro atoms. The number of hydrogen-bond donors (Lipinski definition) is 1. The van der Waals surface area contributed by atoms with Crippen molar-refractivity contribution in [2.75, 3.05) is 0 Å². The van der Waals surface area contributed by atoms with Gasteiger partial charge < -0.3 is 5.11 Å². The van der Waals surface area contributed by atoms with E-state index in [9.17, 15) is 8.60 Å². The molecule has 17 heavy (non-hydrogen) atoms. The Morgan fingerprint density at radius 1 is 1.59 bits per heavy atom. The van der Waals surface area contributed by atoms with Gasteiger partial charge in [-0.2, -0.15) is 4.40 Å². The summed E-state index contributed by atoms with van der Waals surface area (Å²) in [5.41, 5.74) is 0.645. The number of hydrogen-bond acceptors (Lipinski definition) is 3. The number of aromatic nitrogens is 1. The summed E-state index contributed by atoms with van der Waals surface area (Å²) >= 11 is 0. The normalized spacial score (nSPS) is 14.2. The second-order valence-electron chi connectivity index (χ2n) is 4.44. The molecule has 1 aromatic heterocycles. The highest BCUT2D eigenvalue weighted by Crippen LogP contribution is 2.13. The van der Waals surface area contributed by atoms with Crippen molar-refractivity contribution in [2.45, 2.75) is 32.1 Å². The van der Waals surface area contributed by atoms with E-state index in [-0.39, 0.29) is 6.61 Å². The molecule has 1 atom stereocenters. The molecule has 1 rings (SSSR count). The number of aliphatic hydroxyl groups excluding tert-OH is 1. The lowest BCUT2D eigenvalue weighted by molar-refractivity contribution is 0.276. The maximum Gasteiger partial charge on any atom is 0.144 e. The van der Waals surface area contributed by atoms with Crippen LogP contribution in [0.5, 0.6) is 0 Å². The summed E-state index contributed by atoms with van der Waals surface area (Å²) in [6.07, 6.45) is 2.30. The van der Waals surface area contributed by atoms with Crippen LogP contribution in [0.4, 0.5) is 4.39 Å². The van der Waals surface area contributed by atoms with Gasteiger partial charge >= 0.3 is 0 Å². The van der Waals surface area contributed by atoms with Gasteiger partial charge in [-0.1, -0.05) is 0 Å². The fourth-order valence-electron chi connectivity index (χ4n) is 0.990. The average Bonchev–Trinajstić information content (AvgIpc) is 2.24. The van der Waals surface area contributed by atoms with Crippen molar-refractivity contribution in [2.24, 2.45) is 4.40 Å². The van der Waals surface area contributed by atoms with E-state index in [4.69, 9.17) is 5.11 Å². The fraction of sp³-hybridized carbons (Fsp3) is 0.455. The summed E-state index contributed by atoms with van der Waals surface area (Å²) in [6, 6.07) is 1.20. The first-order valence-electron chi connectivity index (χ1n) is 5.06. The standard InChI is InChI=1S/C11H15FN2O2S/c1-11(2,3)17(16)14-5-8-4-9(12)6-13-10(8)7-15/h4-6,15H,7H2,1-3H3. The molecule has 1 aromatic rings. The smallest absolute Gasteiger partial charge is 0.144 e. The molecule has 4 nitrogen and oxygen atoms in total. The van der Waals surface area contributed by atoms with Crippen LogP contribution in [-0.2, 0) is 17.6 Å². The van der Waals surface area contributed by atoms with Gasteiger partial charge in [0, 0.05) is 11.8 Å². The molecule has 0 aliphatic carbocycles. The summed E-state index contributed by atoms with van der Waals surface area (Å²) < 4.78 is 28.0. The monoisotopic (exact) mass is 258 g/mol. The van der Waals surface area contributed by atoms with E-state index in [0.717, 1.165) is 6.20 Å². The summed E-state index contributed by atoms with van der Waals surface area (Å²) in [6.45, 7) is 5.05. The summed E-state index contributed by atoms with van der Waals surface area (Å²) in [5.74, 6) is -0.523. The lowest BCUT2D eigenvalue weighted by atomic mass is 10.2. The molecule has 6 heteroatoms. The largest absolute Gasteiger partial charge is 0.390 e. The minimum Gasteiger partial charge on any atom is -0.390 e. The highest BCUT2D eigenvalue weighted by atomic mass is 32.2. The van der Waals surface area contributed by atoms with Crippen LogP contribution in [0.25, 0.3) is 0 Å². The molecule has 0 saturated carbocycles. The van der Waals surface area contributed by atoms with E-state index in [1.54, 1.807) is 20.8 Å². The maximum atomic E-state index is 13.0. The molecule has 0 aliphatic rings. The van der Waals surface area contributed by atoms with Gasteiger partial charge in [-0.15, -0.1) is 0 Å². The van der Waals surface area contributed by atoms with Gasteiger partial charge in [-0.25, -0.2) is 8.60 Å². The van der Waals surface area contributed by atoms with E-state index >= 15 is 0 Å². The van der Waals surface area contributed by atoms with Crippen LogP contribution < -0.4 is 0 Å². The Balaban J connectivity index is 2.98. The predicted molar refractivity (Wildman–Crippen MR) is 65.6 cm³/mol. The van der Waals surface area contributed by atoms with Crippen LogP contribution in [0.15, 0.2) is 16.7 Å². The molecule has 1 N–H and O–H groups in total. The van der Waals surface area contributed by atoms with Crippen molar-refractivity contribution >= 4 is 17.2 Å². The van der Waals surface area contributed by atoms with Crippen LogP contribution in [0.2, 0.25) is 0 Å². The SMILES string of the molecule is CC(C)(C)S(=O)N=Cc1cc(F)cnc1CO. The highest BCUT2D eigenvalue weighted by molar-refractivity contribution is 7.85. The topological polar surface area (TPSA) is 62.5 Å². The first kappa shape index (κ1) is 13.9. The Morgan fingerprint density at radius 2 is 2.24 bits per heavy atom. The minimum absolute atomic E-state index is 0.307. The number of rotatable bonds is 3. The third kappa shape index (κ3) is 3.98. The van der Waals surface area contributed by atoms with E-state index < -0.39 is 21.5 Å². The molecule has 0 bridgehead atoms. The molecule has 0 radical (unpaired) electrons. The summed E-state index contributed by atoms with van der Waals surface area (Å²) in [4.78, 5) is 3.72. The zero-order chi connectivity index (χ0) is 13.1. The third-order valence-corrected chi connectivity index (χ3v) is 3.28. The molecule has 0 aliphatic heterocycles. The fourth-order valence-corrected chi connectivity index (χ4v) is 1.52. The van der Waals surface area contributed by atoms with Crippen molar-refractivity contribution in [1.82, 2.24) is 4.98 Å². The molecule has 0 fully saturated rings. The molecular weight excluding hydrogens is 243 g/mol. The maximum absolute atomic E-state index is 13.0. The Bertz CT molecular complexity index is 455. The number of pyridine rings is 1. The second-order valence-corrected chi connectivity index (χ2v) is 6.38. The van der Waals surface area contributed by atoms with Crippen LogP contribution in [-0.4, -0.2) is 25.3 Å². The third-order valence-electron chi connectivity index (χ3n) is 1.93. The molecular formula is C11H15FN2O2S. The summed E-state index contributed by atoms with van der Waals surface area (Å²) in [7, 11) is -1.42. The first-order chi connectivity index (χ1) is 7.84. The molecule has 0 amide bonds. The number of nitrogens with zero attached hydrogens (tertiary/aromatic N) is 2. The van der Waals surface area contributed by atoms with Gasteiger partial charge in [0.15, 0.2) is 0 Å². The van der Waals surface area contributed by atoms with E-state index in [0.29, 0.717) is 11.3 Å². The molecule has 0 aromatic carbocycles. The zero-order valence-corrected chi connectivity index (χ0v) is 10.8. The van der Waals surface area contributed by atoms with Crippen LogP contribution in [0.1, 0.15) is 32.0 Å². The molecule has 0 saturated heterocycles. The van der Waals surface area contributed by atoms with Crippen molar-refractivity contribution in [1.29, 1.82) is 0 Å². The Morgan fingerprint density at radius 3 is 2.76 bits per heavy atom. The van der Waals surface area contributed by atoms with Gasteiger partial charge in [0.2, 0.25) is 0 Å². The average molecular weight is 258 g/mol. The number of aliphatic hydroxyl groups is 1. The van der Waals surface area contributed by atoms with Gasteiger partial charge in [0.25, 0.3) is 0 Å². The van der Waals surface area contributed by atoms with Gasteiger partial charge in [0.05, 0.1) is 23.2 Å². The Labute approximate surface area is 102 Å². The predicted octanol–water partition coefficient (Wildman–Crippen LogP) is 1.59. The van der Waals surface area contributed by atoms with Crippen molar-refractivity contribution in [3.05, 3.63) is 29.3 Å². The molecule has 94 valence electrons. The van der Waals surface area contributed by atoms with E-state index in [2.05, 4.69) is 9.38 Å². The highest BCUT2D eigenvalue weighted by Gasteiger charge is 2.18. The minimum atomic E-state index is -1.42. The van der Waals surface area contributed by atoms with Crippen molar-refractivity contribution < 1.29 is 13.7 Å². The van der Waals surface area contributed by atoms with Gasteiger partial charge in [-0.05, 0) is 26.8 Å². The van der Waals surface area contributed by atoms with Crippen LogP contribution in [0, 0.1) is 5.82 Å². The molecule has 1 unspecified atom stereocenters. The van der Waals surface area contributed by atoms with E-state index in [1.165, 1.54) is 12.3 Å².